The molecule has 0 aliphatic carbocycles. The van der Waals surface area contributed by atoms with Crippen LogP contribution in [0.25, 0.3) is 55.2 Å². The van der Waals surface area contributed by atoms with Crippen molar-refractivity contribution >= 4 is 33.5 Å². The Morgan fingerprint density at radius 2 is 0.922 bits per heavy atom. The highest BCUT2D eigenvalue weighted by Crippen LogP contribution is 2.33. The minimum atomic E-state index is -0.766. The summed E-state index contributed by atoms with van der Waals surface area (Å²) >= 11 is 0. The Kier molecular flexibility index (Phi) is 7.51. The zero-order valence-electron chi connectivity index (χ0n) is 28.0. The fourth-order valence-electron chi connectivity index (χ4n) is 6.93. The first-order valence-electron chi connectivity index (χ1n) is 17.1. The van der Waals surface area contributed by atoms with Crippen molar-refractivity contribution in [1.29, 1.82) is 0 Å². The predicted molar refractivity (Wildman–Crippen MR) is 210 cm³/mol. The van der Waals surface area contributed by atoms with Crippen LogP contribution in [0.4, 0.5) is 0 Å². The average Bonchev–Trinajstić information content (AvgIpc) is 3.21. The van der Waals surface area contributed by atoms with Gasteiger partial charge in [-0.05, 0) is 46.9 Å². The normalized spacial score (nSPS) is 15.6. The molecule has 51 heavy (non-hydrogen) atoms. The maximum Gasteiger partial charge on any atom is 0.159 e. The van der Waals surface area contributed by atoms with Crippen molar-refractivity contribution in [3.8, 4) is 33.4 Å². The average molecular weight is 656 g/mol. The molecule has 1 aliphatic heterocycles. The summed E-state index contributed by atoms with van der Waals surface area (Å²) in [5.74, 6) is 1.43. The Balaban J connectivity index is 1.10. The van der Waals surface area contributed by atoms with Gasteiger partial charge in [0.2, 0.25) is 0 Å². The fraction of sp³-hybridized carbons (Fsp3) is 0.0435. The third-order valence-electron chi connectivity index (χ3n) is 9.65. The zero-order valence-corrected chi connectivity index (χ0v) is 28.0. The van der Waals surface area contributed by atoms with Crippen molar-refractivity contribution in [3.05, 3.63) is 193 Å². The van der Waals surface area contributed by atoms with Gasteiger partial charge in [0.1, 0.15) is 5.84 Å². The van der Waals surface area contributed by atoms with Crippen molar-refractivity contribution in [2.75, 3.05) is 0 Å². The Morgan fingerprint density at radius 1 is 0.431 bits per heavy atom. The molecule has 0 radical (unpaired) electrons. The van der Waals surface area contributed by atoms with Crippen LogP contribution in [0.2, 0.25) is 0 Å². The lowest BCUT2D eigenvalue weighted by molar-refractivity contribution is 0.455. The van der Waals surface area contributed by atoms with Gasteiger partial charge in [-0.25, -0.2) is 9.98 Å². The van der Waals surface area contributed by atoms with E-state index in [9.17, 15) is 0 Å². The number of nitrogens with one attached hydrogen (secondary N) is 1. The molecule has 0 bridgehead atoms. The van der Waals surface area contributed by atoms with Crippen LogP contribution in [-0.4, -0.2) is 21.6 Å². The van der Waals surface area contributed by atoms with E-state index in [-0.39, 0.29) is 0 Å². The summed E-state index contributed by atoms with van der Waals surface area (Å²) in [7, 11) is 0. The number of benzene rings is 6. The van der Waals surface area contributed by atoms with Gasteiger partial charge < -0.3 is 5.32 Å². The third-order valence-corrected chi connectivity index (χ3v) is 9.65. The lowest BCUT2D eigenvalue weighted by atomic mass is 9.95. The molecule has 0 fully saturated rings. The van der Waals surface area contributed by atoms with Gasteiger partial charge in [-0.1, -0.05) is 152 Å². The molecule has 0 saturated carbocycles. The third kappa shape index (κ3) is 5.75. The van der Waals surface area contributed by atoms with Crippen molar-refractivity contribution < 1.29 is 0 Å². The topological polar surface area (TPSA) is 62.5 Å². The standard InChI is InChI=1S/C46H33N5/c1-46(39-27-25-32(26-28-39)31-9-3-2-4-10-31)50-44(37-21-17-33(18-22-37)40-15-5-11-35-13-7-29-47-42(35)40)49-45(51-46)38-23-19-34(20-24-38)41-16-6-12-36-14-8-30-48-43(36)41/h2-30H,1H3,(H,49,50,51). The maximum atomic E-state index is 5.28. The summed E-state index contributed by atoms with van der Waals surface area (Å²) in [5, 5.41) is 5.95. The SMILES string of the molecule is CC1(c2ccc(-c3ccccc3)cc2)N=C(c2ccc(-c3cccc4cccnc34)cc2)N=C(c2ccc(-c3cccc4cccnc34)cc2)N1. The molecule has 0 amide bonds. The minimum absolute atomic E-state index is 0.670. The molecule has 242 valence electrons. The summed E-state index contributed by atoms with van der Waals surface area (Å²) in [5.41, 5.74) is 10.9. The van der Waals surface area contributed by atoms with Gasteiger partial charge in [0.15, 0.2) is 11.5 Å². The number of pyridine rings is 2. The van der Waals surface area contributed by atoms with Gasteiger partial charge in [0.25, 0.3) is 0 Å². The zero-order chi connectivity index (χ0) is 34.2. The highest BCUT2D eigenvalue weighted by Gasteiger charge is 2.32. The first-order chi connectivity index (χ1) is 25.1. The van der Waals surface area contributed by atoms with E-state index in [2.05, 4.69) is 168 Å². The van der Waals surface area contributed by atoms with Gasteiger partial charge >= 0.3 is 0 Å². The van der Waals surface area contributed by atoms with Crippen molar-refractivity contribution in [3.63, 3.8) is 0 Å². The molecule has 3 heterocycles. The number of aliphatic imine (C=N–C) groups is 2. The smallest absolute Gasteiger partial charge is 0.159 e. The highest BCUT2D eigenvalue weighted by molar-refractivity contribution is 6.13. The van der Waals surface area contributed by atoms with E-state index in [0.717, 1.165) is 72.1 Å². The van der Waals surface area contributed by atoms with E-state index < -0.39 is 5.66 Å². The molecule has 1 N–H and O–H groups in total. The number of fused-ring (bicyclic) bond motifs is 2. The van der Waals surface area contributed by atoms with E-state index in [1.807, 2.05) is 30.6 Å². The van der Waals surface area contributed by atoms with Crippen LogP contribution in [0.15, 0.2) is 186 Å². The van der Waals surface area contributed by atoms with Crippen LogP contribution in [0.5, 0.6) is 0 Å². The Bertz CT molecular complexity index is 2580. The van der Waals surface area contributed by atoms with Gasteiger partial charge in [-0.2, -0.15) is 0 Å². The largest absolute Gasteiger partial charge is 0.342 e. The molecular formula is C46H33N5. The van der Waals surface area contributed by atoms with E-state index in [1.165, 1.54) is 5.56 Å². The van der Waals surface area contributed by atoms with E-state index in [0.29, 0.717) is 5.84 Å². The van der Waals surface area contributed by atoms with Crippen molar-refractivity contribution in [2.45, 2.75) is 12.6 Å². The molecule has 9 rings (SSSR count). The number of hydrogen-bond donors (Lipinski definition) is 1. The Labute approximate surface area is 296 Å². The molecule has 1 atom stereocenters. The maximum absolute atomic E-state index is 5.28. The molecule has 1 unspecified atom stereocenters. The molecule has 0 saturated heterocycles. The molecule has 5 nitrogen and oxygen atoms in total. The molecule has 6 aromatic carbocycles. The summed E-state index contributed by atoms with van der Waals surface area (Å²) in [4.78, 5) is 19.8. The van der Waals surface area contributed by atoms with Gasteiger partial charge in [0, 0.05) is 45.4 Å². The second kappa shape index (κ2) is 12.6. The first kappa shape index (κ1) is 30.3. The molecule has 2 aromatic heterocycles. The summed E-state index contributed by atoms with van der Waals surface area (Å²) in [6.45, 7) is 2.12. The Hall–Kier alpha value is -6.72. The number of para-hydroxylation sites is 2. The summed E-state index contributed by atoms with van der Waals surface area (Å²) in [6, 6.07) is 56.9. The van der Waals surface area contributed by atoms with Crippen LogP contribution >= 0.6 is 0 Å². The number of rotatable bonds is 6. The monoisotopic (exact) mass is 655 g/mol. The van der Waals surface area contributed by atoms with Crippen LogP contribution in [0.1, 0.15) is 23.6 Å². The van der Waals surface area contributed by atoms with E-state index >= 15 is 0 Å². The molecule has 8 aromatic rings. The number of nitrogens with zero attached hydrogens (tertiary/aromatic N) is 4. The highest BCUT2D eigenvalue weighted by atomic mass is 15.2. The van der Waals surface area contributed by atoms with Gasteiger partial charge in [-0.15, -0.1) is 0 Å². The molecular weight excluding hydrogens is 623 g/mol. The predicted octanol–water partition coefficient (Wildman–Crippen LogP) is 10.5. The lowest BCUT2D eigenvalue weighted by Crippen LogP contribution is -2.46. The minimum Gasteiger partial charge on any atom is -0.342 e. The number of aromatic nitrogens is 2. The van der Waals surface area contributed by atoms with Crippen LogP contribution in [0.3, 0.4) is 0 Å². The molecule has 1 aliphatic rings. The fourth-order valence-corrected chi connectivity index (χ4v) is 6.93. The van der Waals surface area contributed by atoms with Crippen LogP contribution in [0, 0.1) is 0 Å². The lowest BCUT2D eigenvalue weighted by Gasteiger charge is -2.33. The summed E-state index contributed by atoms with van der Waals surface area (Å²) < 4.78 is 0. The molecule has 0 spiro atoms. The second-order valence-corrected chi connectivity index (χ2v) is 13.0. The van der Waals surface area contributed by atoms with Gasteiger partial charge in [-0.3, -0.25) is 9.97 Å². The number of hydrogen-bond acceptors (Lipinski definition) is 5. The quantitative estimate of drug-likeness (QED) is 0.194. The number of amidine groups is 2. The van der Waals surface area contributed by atoms with Crippen LogP contribution in [-0.2, 0) is 5.66 Å². The van der Waals surface area contributed by atoms with E-state index in [1.54, 1.807) is 0 Å². The second-order valence-electron chi connectivity index (χ2n) is 13.0. The van der Waals surface area contributed by atoms with Crippen molar-refractivity contribution in [2.24, 2.45) is 9.98 Å². The van der Waals surface area contributed by atoms with Crippen molar-refractivity contribution in [1.82, 2.24) is 15.3 Å². The van der Waals surface area contributed by atoms with Gasteiger partial charge in [0.05, 0.1) is 11.0 Å². The Morgan fingerprint density at radius 3 is 1.51 bits per heavy atom. The van der Waals surface area contributed by atoms with Crippen LogP contribution < -0.4 is 5.32 Å². The molecule has 5 heteroatoms. The summed E-state index contributed by atoms with van der Waals surface area (Å²) in [6.07, 6.45) is 3.69. The van der Waals surface area contributed by atoms with E-state index in [4.69, 9.17) is 9.98 Å². The first-order valence-corrected chi connectivity index (χ1v) is 17.1.